The largest absolute Gasteiger partial charge is 0.373 e. The second-order valence-corrected chi connectivity index (χ2v) is 2.32. The summed E-state index contributed by atoms with van der Waals surface area (Å²) in [6.07, 6.45) is 1.71. The maximum atomic E-state index is 10.2. The van der Waals surface area contributed by atoms with Crippen LogP contribution in [-0.2, 0) is 4.79 Å². The molecular formula is C8H10N4O. The summed E-state index contributed by atoms with van der Waals surface area (Å²) in [4.78, 5) is 14.2. The molecule has 68 valence electrons. The molecule has 1 rings (SSSR count). The number of carbonyl (C=O) groups excluding carboxylic acids is 1. The van der Waals surface area contributed by atoms with Crippen LogP contribution >= 0.6 is 0 Å². The highest BCUT2D eigenvalue weighted by Gasteiger charge is 1.98. The second-order valence-electron chi connectivity index (χ2n) is 2.32. The lowest BCUT2D eigenvalue weighted by molar-refractivity contribution is -0.105. The van der Waals surface area contributed by atoms with E-state index in [9.17, 15) is 4.79 Å². The Morgan fingerprint density at radius 1 is 1.54 bits per heavy atom. The highest BCUT2D eigenvalue weighted by atomic mass is 16.1. The zero-order valence-corrected chi connectivity index (χ0v) is 7.16. The Bertz CT molecular complexity index is 324. The first-order valence-electron chi connectivity index (χ1n) is 3.70. The third-order valence-corrected chi connectivity index (χ3v) is 1.47. The zero-order chi connectivity index (χ0) is 9.68. The molecule has 0 saturated carbocycles. The smallest absolute Gasteiger partial charge is 0.211 e. The third-order valence-electron chi connectivity index (χ3n) is 1.47. The van der Waals surface area contributed by atoms with Crippen molar-refractivity contribution < 1.29 is 4.79 Å². The molecule has 5 heteroatoms. The molecule has 5 nitrogen and oxygen atoms in total. The van der Waals surface area contributed by atoms with Crippen molar-refractivity contribution in [3.05, 3.63) is 17.8 Å². The quantitative estimate of drug-likeness (QED) is 0.469. The van der Waals surface area contributed by atoms with Gasteiger partial charge in [0.15, 0.2) is 0 Å². The molecule has 0 aliphatic rings. The molecule has 0 aromatic carbocycles. The Morgan fingerprint density at radius 2 is 2.31 bits per heavy atom. The number of rotatable bonds is 4. The molecule has 0 fully saturated rings. The van der Waals surface area contributed by atoms with E-state index in [1.54, 1.807) is 19.2 Å². The van der Waals surface area contributed by atoms with E-state index in [0.717, 1.165) is 6.21 Å². The molecule has 13 heavy (non-hydrogen) atoms. The Hall–Kier alpha value is -1.91. The number of aromatic nitrogens is 1. The minimum Gasteiger partial charge on any atom is -0.373 e. The van der Waals surface area contributed by atoms with E-state index >= 15 is 0 Å². The lowest BCUT2D eigenvalue weighted by Crippen LogP contribution is -2.00. The molecule has 3 N–H and O–H groups in total. The Labute approximate surface area is 75.7 Å². The summed E-state index contributed by atoms with van der Waals surface area (Å²) in [6.45, 7) is 0. The van der Waals surface area contributed by atoms with Crippen LogP contribution in [0.4, 0.5) is 11.5 Å². The van der Waals surface area contributed by atoms with E-state index in [1.165, 1.54) is 0 Å². The van der Waals surface area contributed by atoms with Gasteiger partial charge in [-0.1, -0.05) is 0 Å². The van der Waals surface area contributed by atoms with Gasteiger partial charge in [-0.25, -0.2) is 4.98 Å². The van der Waals surface area contributed by atoms with Gasteiger partial charge in [-0.3, -0.25) is 4.79 Å². The van der Waals surface area contributed by atoms with Crippen molar-refractivity contribution in [2.24, 2.45) is 0 Å². The average molecular weight is 178 g/mol. The van der Waals surface area contributed by atoms with Crippen molar-refractivity contribution in [2.75, 3.05) is 17.7 Å². The molecule has 0 aliphatic carbocycles. The maximum Gasteiger partial charge on any atom is 0.211 e. The van der Waals surface area contributed by atoms with Gasteiger partial charge in [-0.2, -0.15) is 0 Å². The number of hydrogen-bond donors (Lipinski definition) is 3. The zero-order valence-electron chi connectivity index (χ0n) is 7.16. The Balaban J connectivity index is 3.06. The van der Waals surface area contributed by atoms with Gasteiger partial charge in [0.05, 0.1) is 5.69 Å². The topological polar surface area (TPSA) is 77.9 Å². The summed E-state index contributed by atoms with van der Waals surface area (Å²) >= 11 is 0. The van der Waals surface area contributed by atoms with Crippen LogP contribution in [0.2, 0.25) is 0 Å². The first kappa shape index (κ1) is 9.18. The van der Waals surface area contributed by atoms with E-state index in [4.69, 9.17) is 5.41 Å². The maximum absolute atomic E-state index is 10.2. The van der Waals surface area contributed by atoms with E-state index in [1.807, 2.05) is 0 Å². The molecule has 0 unspecified atom stereocenters. The van der Waals surface area contributed by atoms with E-state index in [2.05, 4.69) is 15.6 Å². The van der Waals surface area contributed by atoms with Crippen LogP contribution in [0.15, 0.2) is 12.1 Å². The van der Waals surface area contributed by atoms with Gasteiger partial charge in [-0.15, -0.1) is 0 Å². The van der Waals surface area contributed by atoms with Gasteiger partial charge >= 0.3 is 0 Å². The monoisotopic (exact) mass is 178 g/mol. The molecule has 1 aromatic rings. The van der Waals surface area contributed by atoms with E-state index in [-0.39, 0.29) is 0 Å². The van der Waals surface area contributed by atoms with Crippen molar-refractivity contribution in [3.63, 3.8) is 0 Å². The van der Waals surface area contributed by atoms with Gasteiger partial charge in [0.2, 0.25) is 6.41 Å². The molecule has 0 radical (unpaired) electrons. The Morgan fingerprint density at radius 3 is 2.85 bits per heavy atom. The number of nitrogens with zero attached hydrogens (tertiary/aromatic N) is 1. The first-order chi connectivity index (χ1) is 6.30. The summed E-state index contributed by atoms with van der Waals surface area (Å²) in [5.41, 5.74) is 1.11. The Kier molecular flexibility index (Phi) is 2.97. The minimum atomic E-state index is 0.496. The van der Waals surface area contributed by atoms with Crippen LogP contribution in [-0.4, -0.2) is 24.7 Å². The standard InChI is InChI=1S/C8H10N4O/c1-10-8-3-6(11-5-13)2-7(4-9)12-8/h2-5,9H,1H3,(H2,10,11,12,13). The number of amides is 1. The number of carbonyl (C=O) groups is 1. The van der Waals surface area contributed by atoms with Gasteiger partial charge in [0.1, 0.15) is 5.82 Å². The van der Waals surface area contributed by atoms with E-state index < -0.39 is 0 Å². The van der Waals surface area contributed by atoms with Crippen molar-refractivity contribution in [3.8, 4) is 0 Å². The molecular weight excluding hydrogens is 168 g/mol. The van der Waals surface area contributed by atoms with Crippen molar-refractivity contribution in [2.45, 2.75) is 0 Å². The summed E-state index contributed by atoms with van der Waals surface area (Å²) < 4.78 is 0. The van der Waals surface area contributed by atoms with Gasteiger partial charge in [0, 0.05) is 25.0 Å². The van der Waals surface area contributed by atoms with Gasteiger partial charge in [0.25, 0.3) is 0 Å². The molecule has 0 atom stereocenters. The van der Waals surface area contributed by atoms with Crippen LogP contribution in [0.3, 0.4) is 0 Å². The molecule has 1 heterocycles. The van der Waals surface area contributed by atoms with Crippen molar-refractivity contribution in [1.29, 1.82) is 5.41 Å². The number of hydrogen-bond acceptors (Lipinski definition) is 4. The van der Waals surface area contributed by atoms with Gasteiger partial charge in [-0.05, 0) is 6.07 Å². The summed E-state index contributed by atoms with van der Waals surface area (Å²) in [7, 11) is 1.72. The molecule has 1 aromatic heterocycles. The van der Waals surface area contributed by atoms with Crippen LogP contribution in [0.5, 0.6) is 0 Å². The van der Waals surface area contributed by atoms with Crippen LogP contribution < -0.4 is 10.6 Å². The molecule has 0 aliphatic heterocycles. The lowest BCUT2D eigenvalue weighted by atomic mass is 10.3. The summed E-state index contributed by atoms with van der Waals surface area (Å²) in [5.74, 6) is 0.616. The fourth-order valence-electron chi connectivity index (χ4n) is 0.905. The predicted octanol–water partition coefficient (Wildman–Crippen LogP) is 0.689. The molecule has 1 amide bonds. The predicted molar refractivity (Wildman–Crippen MR) is 51.4 cm³/mol. The summed E-state index contributed by atoms with van der Waals surface area (Å²) in [6, 6.07) is 3.30. The first-order valence-corrected chi connectivity index (χ1v) is 3.70. The minimum absolute atomic E-state index is 0.496. The fraction of sp³-hybridized carbons (Fsp3) is 0.125. The van der Waals surface area contributed by atoms with Gasteiger partial charge < -0.3 is 16.0 Å². The number of nitrogens with one attached hydrogen (secondary N) is 3. The fourth-order valence-corrected chi connectivity index (χ4v) is 0.905. The van der Waals surface area contributed by atoms with Crippen LogP contribution in [0.25, 0.3) is 0 Å². The summed E-state index contributed by atoms with van der Waals surface area (Å²) in [5, 5.41) is 12.3. The van der Waals surface area contributed by atoms with E-state index in [0.29, 0.717) is 23.6 Å². The van der Waals surface area contributed by atoms with Crippen LogP contribution in [0.1, 0.15) is 5.69 Å². The number of pyridine rings is 1. The van der Waals surface area contributed by atoms with Crippen LogP contribution in [0, 0.1) is 5.41 Å². The molecule has 0 saturated heterocycles. The van der Waals surface area contributed by atoms with Crippen molar-refractivity contribution in [1.82, 2.24) is 4.98 Å². The second kappa shape index (κ2) is 4.20. The van der Waals surface area contributed by atoms with Crippen molar-refractivity contribution >= 4 is 24.1 Å². The molecule has 0 bridgehead atoms. The third kappa shape index (κ3) is 2.26. The highest BCUT2D eigenvalue weighted by molar-refractivity contribution is 5.80. The highest BCUT2D eigenvalue weighted by Crippen LogP contribution is 2.12. The molecule has 0 spiro atoms. The SMILES string of the molecule is CNc1cc(NC=O)cc(C=N)n1. The lowest BCUT2D eigenvalue weighted by Gasteiger charge is -2.04. The normalized spacial score (nSPS) is 9.00. The number of anilines is 2. The average Bonchev–Trinajstić information content (AvgIpc) is 2.17.